The molecule has 1 amide bonds. The standard InChI is InChI=1S/C17H17Cl2N3O/c18-14-3-4-15(19)13(8-14)9-17(23)22-7-6-21-11-16(22)12-2-1-5-20-10-12/h1-5,8,10,16,21H,6-7,9,11H2. The molecular formula is C17H17Cl2N3O. The first kappa shape index (κ1) is 16.2. The molecule has 4 nitrogen and oxygen atoms in total. The molecule has 0 bridgehead atoms. The lowest BCUT2D eigenvalue weighted by molar-refractivity contribution is -0.133. The molecule has 120 valence electrons. The van der Waals surface area contributed by atoms with E-state index in [1.54, 1.807) is 24.4 Å². The van der Waals surface area contributed by atoms with Gasteiger partial charge in [-0.1, -0.05) is 29.3 Å². The number of amides is 1. The third-order valence-corrected chi connectivity index (χ3v) is 4.59. The van der Waals surface area contributed by atoms with E-state index in [0.717, 1.165) is 24.2 Å². The van der Waals surface area contributed by atoms with E-state index < -0.39 is 0 Å². The van der Waals surface area contributed by atoms with Gasteiger partial charge in [-0.15, -0.1) is 0 Å². The molecule has 0 radical (unpaired) electrons. The van der Waals surface area contributed by atoms with Crippen LogP contribution in [0.25, 0.3) is 0 Å². The van der Waals surface area contributed by atoms with Gasteiger partial charge in [-0.05, 0) is 35.4 Å². The van der Waals surface area contributed by atoms with Gasteiger partial charge in [0.05, 0.1) is 12.5 Å². The number of hydrogen-bond donors (Lipinski definition) is 1. The average molecular weight is 350 g/mol. The van der Waals surface area contributed by atoms with E-state index in [1.807, 2.05) is 23.2 Å². The quantitative estimate of drug-likeness (QED) is 0.925. The van der Waals surface area contributed by atoms with Crippen molar-refractivity contribution in [1.29, 1.82) is 0 Å². The van der Waals surface area contributed by atoms with Crippen LogP contribution in [0, 0.1) is 0 Å². The van der Waals surface area contributed by atoms with Gasteiger partial charge in [0.1, 0.15) is 0 Å². The highest BCUT2D eigenvalue weighted by atomic mass is 35.5. The molecule has 1 fully saturated rings. The minimum Gasteiger partial charge on any atom is -0.333 e. The summed E-state index contributed by atoms with van der Waals surface area (Å²) in [6.45, 7) is 2.17. The van der Waals surface area contributed by atoms with Crippen molar-refractivity contribution in [2.24, 2.45) is 0 Å². The molecule has 1 aliphatic rings. The zero-order chi connectivity index (χ0) is 16.2. The molecule has 1 unspecified atom stereocenters. The second-order valence-electron chi connectivity index (χ2n) is 5.51. The van der Waals surface area contributed by atoms with Crippen LogP contribution in [-0.2, 0) is 11.2 Å². The van der Waals surface area contributed by atoms with Gasteiger partial charge >= 0.3 is 0 Å². The topological polar surface area (TPSA) is 45.2 Å². The molecule has 1 aromatic heterocycles. The van der Waals surface area contributed by atoms with E-state index >= 15 is 0 Å². The van der Waals surface area contributed by atoms with Crippen LogP contribution in [0.4, 0.5) is 0 Å². The molecule has 0 saturated carbocycles. The van der Waals surface area contributed by atoms with Gasteiger partial charge in [0, 0.05) is 42.1 Å². The summed E-state index contributed by atoms with van der Waals surface area (Å²) in [4.78, 5) is 18.8. The van der Waals surface area contributed by atoms with Crippen molar-refractivity contribution in [3.63, 3.8) is 0 Å². The Morgan fingerprint density at radius 1 is 1.35 bits per heavy atom. The Morgan fingerprint density at radius 2 is 2.22 bits per heavy atom. The number of nitrogens with zero attached hydrogens (tertiary/aromatic N) is 2. The van der Waals surface area contributed by atoms with Crippen LogP contribution in [-0.4, -0.2) is 35.4 Å². The molecule has 1 saturated heterocycles. The van der Waals surface area contributed by atoms with E-state index in [4.69, 9.17) is 23.2 Å². The molecule has 1 N–H and O–H groups in total. The van der Waals surface area contributed by atoms with Gasteiger partial charge in [0.2, 0.25) is 5.91 Å². The number of piperazine rings is 1. The highest BCUT2D eigenvalue weighted by molar-refractivity contribution is 6.33. The molecular weight excluding hydrogens is 333 g/mol. The fourth-order valence-corrected chi connectivity index (χ4v) is 3.20. The summed E-state index contributed by atoms with van der Waals surface area (Å²) in [6, 6.07) is 9.08. The van der Waals surface area contributed by atoms with Crippen molar-refractivity contribution in [3.8, 4) is 0 Å². The number of hydrogen-bond acceptors (Lipinski definition) is 3. The van der Waals surface area contributed by atoms with Crippen LogP contribution in [0.2, 0.25) is 10.0 Å². The highest BCUT2D eigenvalue weighted by Crippen LogP contribution is 2.25. The summed E-state index contributed by atoms with van der Waals surface area (Å²) in [6.07, 6.45) is 3.79. The lowest BCUT2D eigenvalue weighted by Crippen LogP contribution is -2.49. The lowest BCUT2D eigenvalue weighted by Gasteiger charge is -2.36. The number of halogens is 2. The van der Waals surface area contributed by atoms with Crippen LogP contribution in [0.1, 0.15) is 17.2 Å². The fourth-order valence-electron chi connectivity index (χ4n) is 2.82. The monoisotopic (exact) mass is 349 g/mol. The molecule has 0 aliphatic carbocycles. The molecule has 1 aliphatic heterocycles. The maximum absolute atomic E-state index is 12.8. The Balaban J connectivity index is 1.80. The van der Waals surface area contributed by atoms with Crippen molar-refractivity contribution < 1.29 is 4.79 Å². The predicted octanol–water partition coefficient (Wildman–Crippen LogP) is 3.10. The molecule has 6 heteroatoms. The zero-order valence-electron chi connectivity index (χ0n) is 12.5. The minimum atomic E-state index is -0.0112. The summed E-state index contributed by atoms with van der Waals surface area (Å²) in [5, 5.41) is 4.48. The predicted molar refractivity (Wildman–Crippen MR) is 91.7 cm³/mol. The first-order valence-electron chi connectivity index (χ1n) is 7.49. The van der Waals surface area contributed by atoms with E-state index in [-0.39, 0.29) is 18.4 Å². The molecule has 1 aromatic carbocycles. The van der Waals surface area contributed by atoms with Crippen LogP contribution in [0.5, 0.6) is 0 Å². The van der Waals surface area contributed by atoms with Gasteiger partial charge in [0.25, 0.3) is 0 Å². The van der Waals surface area contributed by atoms with E-state index in [1.165, 1.54) is 0 Å². The number of pyridine rings is 1. The normalized spacial score (nSPS) is 18.0. The molecule has 0 spiro atoms. The van der Waals surface area contributed by atoms with Crippen molar-refractivity contribution >= 4 is 29.1 Å². The number of carbonyl (C=O) groups is 1. The number of nitrogens with one attached hydrogen (secondary N) is 1. The van der Waals surface area contributed by atoms with Crippen molar-refractivity contribution in [2.45, 2.75) is 12.5 Å². The number of rotatable bonds is 3. The maximum atomic E-state index is 12.8. The lowest BCUT2D eigenvalue weighted by atomic mass is 10.0. The van der Waals surface area contributed by atoms with Crippen LogP contribution in [0.3, 0.4) is 0 Å². The summed E-state index contributed by atoms with van der Waals surface area (Å²) >= 11 is 12.2. The first-order chi connectivity index (χ1) is 11.1. The van der Waals surface area contributed by atoms with Crippen molar-refractivity contribution in [3.05, 3.63) is 63.9 Å². The fraction of sp³-hybridized carbons (Fsp3) is 0.294. The second-order valence-corrected chi connectivity index (χ2v) is 6.35. The van der Waals surface area contributed by atoms with E-state index in [9.17, 15) is 4.79 Å². The Morgan fingerprint density at radius 3 is 3.00 bits per heavy atom. The third-order valence-electron chi connectivity index (χ3n) is 3.98. The number of carbonyl (C=O) groups excluding carboxylic acids is 1. The second kappa shape index (κ2) is 7.30. The SMILES string of the molecule is O=C(Cc1cc(Cl)ccc1Cl)N1CCNCC1c1cccnc1. The molecule has 2 aromatic rings. The van der Waals surface area contributed by atoms with Crippen LogP contribution >= 0.6 is 23.2 Å². The highest BCUT2D eigenvalue weighted by Gasteiger charge is 2.28. The smallest absolute Gasteiger partial charge is 0.227 e. The Labute approximate surface area is 145 Å². The summed E-state index contributed by atoms with van der Waals surface area (Å²) in [5.41, 5.74) is 1.79. The summed E-state index contributed by atoms with van der Waals surface area (Å²) in [7, 11) is 0. The Bertz CT molecular complexity index is 693. The van der Waals surface area contributed by atoms with Gasteiger partial charge in [0.15, 0.2) is 0 Å². The third kappa shape index (κ3) is 3.83. The van der Waals surface area contributed by atoms with Crippen LogP contribution in [0.15, 0.2) is 42.7 Å². The molecule has 1 atom stereocenters. The Kier molecular flexibility index (Phi) is 5.16. The van der Waals surface area contributed by atoms with Gasteiger partial charge in [-0.25, -0.2) is 0 Å². The van der Waals surface area contributed by atoms with E-state index in [2.05, 4.69) is 10.3 Å². The van der Waals surface area contributed by atoms with Crippen molar-refractivity contribution in [1.82, 2.24) is 15.2 Å². The molecule has 3 rings (SSSR count). The number of benzene rings is 1. The largest absolute Gasteiger partial charge is 0.333 e. The molecule has 23 heavy (non-hydrogen) atoms. The first-order valence-corrected chi connectivity index (χ1v) is 8.25. The van der Waals surface area contributed by atoms with Crippen molar-refractivity contribution in [2.75, 3.05) is 19.6 Å². The average Bonchev–Trinajstić information content (AvgIpc) is 2.59. The van der Waals surface area contributed by atoms with Gasteiger partial charge < -0.3 is 10.2 Å². The Hall–Kier alpha value is -1.62. The maximum Gasteiger partial charge on any atom is 0.227 e. The minimum absolute atomic E-state index is 0.0112. The summed E-state index contributed by atoms with van der Waals surface area (Å²) < 4.78 is 0. The van der Waals surface area contributed by atoms with E-state index in [0.29, 0.717) is 16.6 Å². The number of aromatic nitrogens is 1. The van der Waals surface area contributed by atoms with Gasteiger partial charge in [-0.2, -0.15) is 0 Å². The van der Waals surface area contributed by atoms with Gasteiger partial charge in [-0.3, -0.25) is 9.78 Å². The van der Waals surface area contributed by atoms with Crippen LogP contribution < -0.4 is 5.32 Å². The summed E-state index contributed by atoms with van der Waals surface area (Å²) in [5.74, 6) is 0.0459. The molecule has 2 heterocycles. The zero-order valence-corrected chi connectivity index (χ0v) is 14.0.